The molecule has 1 aromatic carbocycles. The normalized spacial score (nSPS) is 10.2. The Morgan fingerprint density at radius 1 is 1.57 bits per heavy atom. The van der Waals surface area contributed by atoms with E-state index in [0.717, 1.165) is 24.2 Å². The zero-order valence-corrected chi connectivity index (χ0v) is 9.70. The summed E-state index contributed by atoms with van der Waals surface area (Å²) in [5.74, 6) is -0.228. The highest BCUT2D eigenvalue weighted by molar-refractivity contribution is 9.10. The third-order valence-electron chi connectivity index (χ3n) is 1.74. The van der Waals surface area contributed by atoms with Crippen molar-refractivity contribution in [3.05, 3.63) is 46.2 Å². The van der Waals surface area contributed by atoms with Crippen LogP contribution in [-0.2, 0) is 6.54 Å². The second kappa shape index (κ2) is 5.27. The molecule has 0 aliphatic rings. The second-order valence-electron chi connectivity index (χ2n) is 3.31. The van der Waals surface area contributed by atoms with Crippen molar-refractivity contribution in [3.63, 3.8) is 0 Å². The molecular weight excluding hydrogens is 245 g/mol. The van der Waals surface area contributed by atoms with Crippen LogP contribution < -0.4 is 5.32 Å². The van der Waals surface area contributed by atoms with Crippen LogP contribution in [-0.4, -0.2) is 6.54 Å². The summed E-state index contributed by atoms with van der Waals surface area (Å²) in [6.07, 6.45) is 0. The molecule has 3 heteroatoms. The molecule has 0 heterocycles. The first-order valence-electron chi connectivity index (χ1n) is 4.38. The highest BCUT2D eigenvalue weighted by Gasteiger charge is 1.99. The predicted octanol–water partition coefficient (Wildman–Crippen LogP) is 3.25. The summed E-state index contributed by atoms with van der Waals surface area (Å²) in [4.78, 5) is 0. The van der Waals surface area contributed by atoms with Crippen LogP contribution in [0.4, 0.5) is 4.39 Å². The van der Waals surface area contributed by atoms with Crippen LogP contribution >= 0.6 is 15.9 Å². The van der Waals surface area contributed by atoms with E-state index >= 15 is 0 Å². The van der Waals surface area contributed by atoms with E-state index in [0.29, 0.717) is 4.47 Å². The lowest BCUT2D eigenvalue weighted by molar-refractivity contribution is 0.619. The van der Waals surface area contributed by atoms with Crippen LogP contribution in [0.25, 0.3) is 0 Å². The van der Waals surface area contributed by atoms with Gasteiger partial charge in [0.25, 0.3) is 0 Å². The van der Waals surface area contributed by atoms with Crippen LogP contribution in [0.3, 0.4) is 0 Å². The average molecular weight is 258 g/mol. The Balaban J connectivity index is 2.51. The van der Waals surface area contributed by atoms with Gasteiger partial charge in [0.05, 0.1) is 4.47 Å². The maximum atomic E-state index is 12.9. The van der Waals surface area contributed by atoms with Crippen molar-refractivity contribution in [3.8, 4) is 0 Å². The summed E-state index contributed by atoms with van der Waals surface area (Å²) in [6.45, 7) is 7.27. The smallest absolute Gasteiger partial charge is 0.137 e. The predicted molar refractivity (Wildman–Crippen MR) is 60.6 cm³/mol. The van der Waals surface area contributed by atoms with Gasteiger partial charge in [0, 0.05) is 13.1 Å². The van der Waals surface area contributed by atoms with E-state index in [1.54, 1.807) is 12.1 Å². The van der Waals surface area contributed by atoms with Crippen LogP contribution in [0.15, 0.2) is 34.8 Å². The minimum absolute atomic E-state index is 0.228. The van der Waals surface area contributed by atoms with Gasteiger partial charge in [-0.2, -0.15) is 0 Å². The number of hydrogen-bond donors (Lipinski definition) is 1. The minimum atomic E-state index is -0.228. The highest BCUT2D eigenvalue weighted by Crippen LogP contribution is 2.16. The molecule has 0 aliphatic heterocycles. The zero-order chi connectivity index (χ0) is 10.6. The van der Waals surface area contributed by atoms with Crippen LogP contribution in [0.1, 0.15) is 12.5 Å². The molecule has 0 amide bonds. The first kappa shape index (κ1) is 11.4. The summed E-state index contributed by atoms with van der Waals surface area (Å²) in [5.41, 5.74) is 2.14. The van der Waals surface area contributed by atoms with Gasteiger partial charge in [0.15, 0.2) is 0 Å². The van der Waals surface area contributed by atoms with Crippen molar-refractivity contribution in [2.24, 2.45) is 0 Å². The average Bonchev–Trinajstić information content (AvgIpc) is 2.10. The molecule has 0 spiro atoms. The fourth-order valence-corrected chi connectivity index (χ4v) is 1.50. The van der Waals surface area contributed by atoms with Gasteiger partial charge in [-0.25, -0.2) is 4.39 Å². The Labute approximate surface area is 92.1 Å². The van der Waals surface area contributed by atoms with Gasteiger partial charge in [0.2, 0.25) is 0 Å². The minimum Gasteiger partial charge on any atom is -0.309 e. The van der Waals surface area contributed by atoms with E-state index in [2.05, 4.69) is 27.8 Å². The van der Waals surface area contributed by atoms with Crippen LogP contribution in [0, 0.1) is 5.82 Å². The summed E-state index contributed by atoms with van der Waals surface area (Å²) in [7, 11) is 0. The third-order valence-corrected chi connectivity index (χ3v) is 2.35. The molecule has 0 atom stereocenters. The topological polar surface area (TPSA) is 12.0 Å². The van der Waals surface area contributed by atoms with E-state index in [1.807, 2.05) is 6.92 Å². The van der Waals surface area contributed by atoms with Crippen molar-refractivity contribution in [1.82, 2.24) is 5.32 Å². The maximum absolute atomic E-state index is 12.9. The van der Waals surface area contributed by atoms with Gasteiger partial charge >= 0.3 is 0 Å². The van der Waals surface area contributed by atoms with Crippen LogP contribution in [0.5, 0.6) is 0 Å². The lowest BCUT2D eigenvalue weighted by Crippen LogP contribution is -2.15. The number of nitrogens with one attached hydrogen (secondary N) is 1. The molecule has 0 fully saturated rings. The fraction of sp³-hybridized carbons (Fsp3) is 0.273. The molecule has 0 unspecified atom stereocenters. The Morgan fingerprint density at radius 2 is 2.29 bits per heavy atom. The fourth-order valence-electron chi connectivity index (χ4n) is 1.07. The number of benzene rings is 1. The van der Waals surface area contributed by atoms with Gasteiger partial charge in [0.1, 0.15) is 5.82 Å². The van der Waals surface area contributed by atoms with E-state index in [9.17, 15) is 4.39 Å². The van der Waals surface area contributed by atoms with E-state index < -0.39 is 0 Å². The van der Waals surface area contributed by atoms with Crippen LogP contribution in [0.2, 0.25) is 0 Å². The number of hydrogen-bond acceptors (Lipinski definition) is 1. The first-order valence-corrected chi connectivity index (χ1v) is 5.18. The van der Waals surface area contributed by atoms with E-state index in [4.69, 9.17) is 0 Å². The number of rotatable bonds is 4. The Kier molecular flexibility index (Phi) is 4.29. The maximum Gasteiger partial charge on any atom is 0.137 e. The van der Waals surface area contributed by atoms with Crippen molar-refractivity contribution in [2.75, 3.05) is 6.54 Å². The molecule has 0 radical (unpaired) electrons. The van der Waals surface area contributed by atoms with Crippen molar-refractivity contribution < 1.29 is 4.39 Å². The number of halogens is 2. The first-order chi connectivity index (χ1) is 6.59. The van der Waals surface area contributed by atoms with Crippen molar-refractivity contribution in [2.45, 2.75) is 13.5 Å². The molecule has 1 nitrogen and oxygen atoms in total. The third kappa shape index (κ3) is 3.60. The zero-order valence-electron chi connectivity index (χ0n) is 8.11. The molecule has 1 aromatic rings. The monoisotopic (exact) mass is 257 g/mol. The lowest BCUT2D eigenvalue weighted by Gasteiger charge is -2.05. The quantitative estimate of drug-likeness (QED) is 0.817. The van der Waals surface area contributed by atoms with Gasteiger partial charge < -0.3 is 5.32 Å². The molecule has 0 bridgehead atoms. The second-order valence-corrected chi connectivity index (χ2v) is 4.16. The molecule has 0 saturated heterocycles. The van der Waals surface area contributed by atoms with E-state index in [1.165, 1.54) is 6.07 Å². The summed E-state index contributed by atoms with van der Waals surface area (Å²) in [6, 6.07) is 5.01. The molecule has 0 aromatic heterocycles. The summed E-state index contributed by atoms with van der Waals surface area (Å²) in [5, 5.41) is 3.20. The molecule has 1 rings (SSSR count). The Morgan fingerprint density at radius 3 is 2.86 bits per heavy atom. The van der Waals surface area contributed by atoms with Gasteiger partial charge in [-0.15, -0.1) is 0 Å². The molecule has 1 N–H and O–H groups in total. The van der Waals surface area contributed by atoms with Crippen molar-refractivity contribution >= 4 is 15.9 Å². The standard InChI is InChI=1S/C11H13BrFN/c1-8(2)6-14-7-9-3-4-11(13)10(12)5-9/h3-5,14H,1,6-7H2,2H3. The van der Waals surface area contributed by atoms with Gasteiger partial charge in [-0.1, -0.05) is 18.2 Å². The Hall–Kier alpha value is -0.670. The molecule has 14 heavy (non-hydrogen) atoms. The summed E-state index contributed by atoms with van der Waals surface area (Å²) >= 11 is 3.15. The SMILES string of the molecule is C=C(C)CNCc1ccc(F)c(Br)c1. The Bertz CT molecular complexity index is 336. The molecular formula is C11H13BrFN. The summed E-state index contributed by atoms with van der Waals surface area (Å²) < 4.78 is 13.4. The van der Waals surface area contributed by atoms with E-state index in [-0.39, 0.29) is 5.82 Å². The lowest BCUT2D eigenvalue weighted by atomic mass is 10.2. The largest absolute Gasteiger partial charge is 0.309 e. The van der Waals surface area contributed by atoms with Gasteiger partial charge in [-0.3, -0.25) is 0 Å². The molecule has 0 saturated carbocycles. The van der Waals surface area contributed by atoms with Crippen molar-refractivity contribution in [1.29, 1.82) is 0 Å². The highest BCUT2D eigenvalue weighted by atomic mass is 79.9. The molecule has 76 valence electrons. The van der Waals surface area contributed by atoms with Gasteiger partial charge in [-0.05, 0) is 40.5 Å². The molecule has 0 aliphatic carbocycles.